The second kappa shape index (κ2) is 4.46. The van der Waals surface area contributed by atoms with Crippen molar-refractivity contribution in [2.45, 2.75) is 6.92 Å². The van der Waals surface area contributed by atoms with Crippen molar-refractivity contribution in [1.82, 2.24) is 9.97 Å². The van der Waals surface area contributed by atoms with Crippen molar-refractivity contribution in [3.63, 3.8) is 0 Å². The number of aromatic amines is 1. The summed E-state index contributed by atoms with van der Waals surface area (Å²) in [4.78, 5) is 18.6. The molecule has 0 amide bonds. The number of aromatic nitrogens is 2. The average Bonchev–Trinajstić information content (AvgIpc) is 3.08. The quantitative estimate of drug-likeness (QED) is 0.585. The number of imidazole rings is 1. The van der Waals surface area contributed by atoms with Crippen LogP contribution in [0.4, 0.5) is 0 Å². The summed E-state index contributed by atoms with van der Waals surface area (Å²) < 4.78 is 5.81. The van der Waals surface area contributed by atoms with E-state index in [-0.39, 0.29) is 5.56 Å². The minimum atomic E-state index is -0.961. The Morgan fingerprint density at radius 2 is 2.05 bits per heavy atom. The van der Waals surface area contributed by atoms with Gasteiger partial charge in [0.1, 0.15) is 5.58 Å². The molecule has 4 aromatic rings. The lowest BCUT2D eigenvalue weighted by Crippen LogP contribution is -1.94. The van der Waals surface area contributed by atoms with Gasteiger partial charge in [0.2, 0.25) is 0 Å². The second-order valence-electron chi connectivity index (χ2n) is 5.27. The fourth-order valence-electron chi connectivity index (χ4n) is 2.54. The van der Waals surface area contributed by atoms with Crippen LogP contribution >= 0.6 is 0 Å². The lowest BCUT2D eigenvalue weighted by molar-refractivity contribution is 0.0697. The fraction of sp³-hybridized carbons (Fsp3) is 0.0588. The number of H-pyrrole nitrogens is 1. The van der Waals surface area contributed by atoms with Crippen molar-refractivity contribution in [1.29, 1.82) is 0 Å². The standard InChI is InChI=1S/C17H12N2O3/c1-9-2-5-14-11(6-9)8-15(22-14)16-18-12-4-3-10(17(20)21)7-13(12)19-16/h2-8H,1H3,(H,18,19)(H,20,21). The zero-order valence-corrected chi connectivity index (χ0v) is 11.8. The molecule has 0 atom stereocenters. The van der Waals surface area contributed by atoms with Crippen LogP contribution in [0.5, 0.6) is 0 Å². The Morgan fingerprint density at radius 1 is 1.18 bits per heavy atom. The molecular formula is C17H12N2O3. The Labute approximate surface area is 125 Å². The normalized spacial score (nSPS) is 11.3. The lowest BCUT2D eigenvalue weighted by atomic mass is 10.2. The Hall–Kier alpha value is -3.08. The van der Waals surface area contributed by atoms with Gasteiger partial charge in [0.25, 0.3) is 0 Å². The maximum Gasteiger partial charge on any atom is 0.335 e. The number of fused-ring (bicyclic) bond motifs is 2. The van der Waals surface area contributed by atoms with Crippen molar-refractivity contribution < 1.29 is 14.3 Å². The summed E-state index contributed by atoms with van der Waals surface area (Å²) in [6.07, 6.45) is 0. The van der Waals surface area contributed by atoms with Gasteiger partial charge in [-0.05, 0) is 43.3 Å². The van der Waals surface area contributed by atoms with Crippen LogP contribution in [0.15, 0.2) is 46.9 Å². The smallest absolute Gasteiger partial charge is 0.335 e. The molecule has 2 aromatic heterocycles. The van der Waals surface area contributed by atoms with Crippen LogP contribution in [0.1, 0.15) is 15.9 Å². The third-order valence-electron chi connectivity index (χ3n) is 3.63. The molecule has 0 fully saturated rings. The molecular weight excluding hydrogens is 280 g/mol. The Bertz CT molecular complexity index is 1030. The Kier molecular flexibility index (Phi) is 2.56. The van der Waals surface area contributed by atoms with E-state index in [2.05, 4.69) is 9.97 Å². The molecule has 2 aromatic carbocycles. The van der Waals surface area contributed by atoms with Gasteiger partial charge in [-0.15, -0.1) is 0 Å². The number of aromatic carboxylic acids is 1. The van der Waals surface area contributed by atoms with Crippen LogP contribution in [0.2, 0.25) is 0 Å². The maximum absolute atomic E-state index is 11.0. The van der Waals surface area contributed by atoms with Crippen molar-refractivity contribution >= 4 is 28.0 Å². The number of nitrogens with zero attached hydrogens (tertiary/aromatic N) is 1. The highest BCUT2D eigenvalue weighted by molar-refractivity contribution is 5.93. The lowest BCUT2D eigenvalue weighted by Gasteiger charge is -1.92. The van der Waals surface area contributed by atoms with Gasteiger partial charge in [-0.3, -0.25) is 0 Å². The molecule has 0 unspecified atom stereocenters. The highest BCUT2D eigenvalue weighted by atomic mass is 16.4. The van der Waals surface area contributed by atoms with Crippen molar-refractivity contribution in [3.8, 4) is 11.6 Å². The van der Waals surface area contributed by atoms with Crippen LogP contribution in [-0.2, 0) is 0 Å². The van der Waals surface area contributed by atoms with Gasteiger partial charge < -0.3 is 14.5 Å². The van der Waals surface area contributed by atoms with Gasteiger partial charge in [-0.1, -0.05) is 11.6 Å². The number of nitrogens with one attached hydrogen (secondary N) is 1. The predicted molar refractivity (Wildman–Crippen MR) is 83.0 cm³/mol. The summed E-state index contributed by atoms with van der Waals surface area (Å²) >= 11 is 0. The number of carbonyl (C=O) groups is 1. The average molecular weight is 292 g/mol. The first-order chi connectivity index (χ1) is 10.6. The molecule has 0 spiro atoms. The monoisotopic (exact) mass is 292 g/mol. The van der Waals surface area contributed by atoms with Crippen molar-refractivity contribution in [2.24, 2.45) is 0 Å². The number of aryl methyl sites for hydroxylation is 1. The zero-order chi connectivity index (χ0) is 15.3. The minimum absolute atomic E-state index is 0.225. The molecule has 0 saturated carbocycles. The van der Waals surface area contributed by atoms with Crippen LogP contribution in [-0.4, -0.2) is 21.0 Å². The summed E-state index contributed by atoms with van der Waals surface area (Å²) in [6.45, 7) is 2.03. The molecule has 0 aliphatic heterocycles. The first kappa shape index (κ1) is 12.6. The molecule has 22 heavy (non-hydrogen) atoms. The first-order valence-corrected chi connectivity index (χ1v) is 6.84. The molecule has 0 radical (unpaired) electrons. The summed E-state index contributed by atoms with van der Waals surface area (Å²) in [6, 6.07) is 12.7. The van der Waals surface area contributed by atoms with E-state index in [4.69, 9.17) is 9.52 Å². The molecule has 0 aliphatic carbocycles. The van der Waals surface area contributed by atoms with Gasteiger partial charge in [0.05, 0.1) is 16.6 Å². The van der Waals surface area contributed by atoms with Gasteiger partial charge in [-0.25, -0.2) is 9.78 Å². The zero-order valence-electron chi connectivity index (χ0n) is 11.8. The number of hydrogen-bond acceptors (Lipinski definition) is 3. The highest BCUT2D eigenvalue weighted by Crippen LogP contribution is 2.28. The van der Waals surface area contributed by atoms with Gasteiger partial charge in [0, 0.05) is 5.39 Å². The molecule has 0 saturated heterocycles. The molecule has 0 bridgehead atoms. The third-order valence-corrected chi connectivity index (χ3v) is 3.63. The van der Waals surface area contributed by atoms with Gasteiger partial charge in [-0.2, -0.15) is 0 Å². The SMILES string of the molecule is Cc1ccc2oc(-c3nc4ccc(C(=O)O)cc4[nH]3)cc2c1. The highest BCUT2D eigenvalue weighted by Gasteiger charge is 2.12. The summed E-state index contributed by atoms with van der Waals surface area (Å²) in [5.41, 5.74) is 3.56. The van der Waals surface area contributed by atoms with E-state index < -0.39 is 5.97 Å². The van der Waals surface area contributed by atoms with Gasteiger partial charge in [0.15, 0.2) is 11.6 Å². The molecule has 4 rings (SSSR count). The van der Waals surface area contributed by atoms with Crippen LogP contribution in [0.25, 0.3) is 33.6 Å². The molecule has 0 aliphatic rings. The third kappa shape index (κ3) is 1.95. The summed E-state index contributed by atoms with van der Waals surface area (Å²) in [5.74, 6) is 0.261. The van der Waals surface area contributed by atoms with Crippen molar-refractivity contribution in [2.75, 3.05) is 0 Å². The molecule has 108 valence electrons. The number of rotatable bonds is 2. The van der Waals surface area contributed by atoms with E-state index in [0.29, 0.717) is 22.6 Å². The van der Waals surface area contributed by atoms with E-state index in [1.165, 1.54) is 6.07 Å². The second-order valence-corrected chi connectivity index (χ2v) is 5.27. The molecule has 5 heteroatoms. The van der Waals surface area contributed by atoms with E-state index in [1.807, 2.05) is 31.2 Å². The van der Waals surface area contributed by atoms with E-state index >= 15 is 0 Å². The Morgan fingerprint density at radius 3 is 2.86 bits per heavy atom. The predicted octanol–water partition coefficient (Wildman–Crippen LogP) is 3.98. The van der Waals surface area contributed by atoms with E-state index in [0.717, 1.165) is 16.5 Å². The molecule has 2 N–H and O–H groups in total. The first-order valence-electron chi connectivity index (χ1n) is 6.84. The minimum Gasteiger partial charge on any atom is -0.478 e. The number of benzene rings is 2. The van der Waals surface area contributed by atoms with Crippen LogP contribution < -0.4 is 0 Å². The van der Waals surface area contributed by atoms with Crippen molar-refractivity contribution in [3.05, 3.63) is 53.6 Å². The molecule has 5 nitrogen and oxygen atoms in total. The number of carboxylic acid groups (broad SMARTS) is 1. The van der Waals surface area contributed by atoms with E-state index in [9.17, 15) is 4.79 Å². The topological polar surface area (TPSA) is 79.1 Å². The summed E-state index contributed by atoms with van der Waals surface area (Å²) in [5, 5.41) is 10.1. The largest absolute Gasteiger partial charge is 0.478 e. The van der Waals surface area contributed by atoms with E-state index in [1.54, 1.807) is 12.1 Å². The number of carboxylic acids is 1. The van der Waals surface area contributed by atoms with Crippen LogP contribution in [0.3, 0.4) is 0 Å². The Balaban J connectivity index is 1.86. The number of hydrogen-bond donors (Lipinski definition) is 2. The fourth-order valence-corrected chi connectivity index (χ4v) is 2.54. The van der Waals surface area contributed by atoms with Crippen LogP contribution in [0, 0.1) is 6.92 Å². The summed E-state index contributed by atoms with van der Waals surface area (Å²) in [7, 11) is 0. The number of furan rings is 1. The maximum atomic E-state index is 11.0. The molecule has 2 heterocycles. The van der Waals surface area contributed by atoms with Gasteiger partial charge >= 0.3 is 5.97 Å².